The Balaban J connectivity index is 2.22. The predicted molar refractivity (Wildman–Crippen MR) is 68.2 cm³/mol. The van der Waals surface area contributed by atoms with Crippen molar-refractivity contribution in [3.63, 3.8) is 0 Å². The van der Waals surface area contributed by atoms with E-state index in [-0.39, 0.29) is 11.4 Å². The van der Waals surface area contributed by atoms with Crippen molar-refractivity contribution >= 4 is 15.7 Å². The number of nitrogens with one attached hydrogen (secondary N) is 2. The lowest BCUT2D eigenvalue weighted by Crippen LogP contribution is -2.24. The van der Waals surface area contributed by atoms with Gasteiger partial charge >= 0.3 is 0 Å². The number of hydrogen-bond donors (Lipinski definition) is 3. The van der Waals surface area contributed by atoms with Gasteiger partial charge in [0.25, 0.3) is 0 Å². The highest BCUT2D eigenvalue weighted by molar-refractivity contribution is 7.89. The van der Waals surface area contributed by atoms with E-state index in [1.165, 1.54) is 6.07 Å². The Labute approximate surface area is 105 Å². The summed E-state index contributed by atoms with van der Waals surface area (Å²) in [4.78, 5) is 6.96. The van der Waals surface area contributed by atoms with Gasteiger partial charge in [0.15, 0.2) is 0 Å². The van der Waals surface area contributed by atoms with Crippen molar-refractivity contribution in [1.29, 1.82) is 0 Å². The number of rotatable bonds is 4. The van der Waals surface area contributed by atoms with Crippen LogP contribution in [0.3, 0.4) is 0 Å². The largest absolute Gasteiger partial charge is 0.399 e. The summed E-state index contributed by atoms with van der Waals surface area (Å²) in [5.41, 5.74) is 6.67. The van der Waals surface area contributed by atoms with Crippen LogP contribution in [0.15, 0.2) is 35.5 Å². The summed E-state index contributed by atoms with van der Waals surface area (Å²) in [6.07, 6.45) is 3.20. The molecule has 0 atom stereocenters. The second-order valence-corrected chi connectivity index (χ2v) is 5.62. The highest BCUT2D eigenvalue weighted by Crippen LogP contribution is 2.18. The molecule has 2 aromatic rings. The van der Waals surface area contributed by atoms with Crippen LogP contribution in [-0.4, -0.2) is 18.4 Å². The van der Waals surface area contributed by atoms with Gasteiger partial charge in [-0.25, -0.2) is 18.1 Å². The Morgan fingerprint density at radius 1 is 1.44 bits per heavy atom. The minimum Gasteiger partial charge on any atom is -0.399 e. The number of hydrogen-bond acceptors (Lipinski definition) is 4. The average Bonchev–Trinajstić information content (AvgIpc) is 2.83. The predicted octanol–water partition coefficient (Wildman–Crippen LogP) is 0.779. The average molecular weight is 266 g/mol. The van der Waals surface area contributed by atoms with E-state index in [9.17, 15) is 8.42 Å². The van der Waals surface area contributed by atoms with Crippen molar-refractivity contribution in [1.82, 2.24) is 14.7 Å². The van der Waals surface area contributed by atoms with E-state index in [4.69, 9.17) is 5.73 Å². The molecule has 18 heavy (non-hydrogen) atoms. The highest BCUT2D eigenvalue weighted by atomic mass is 32.2. The van der Waals surface area contributed by atoms with Crippen molar-refractivity contribution in [3.05, 3.63) is 42.0 Å². The number of anilines is 1. The maximum atomic E-state index is 12.1. The first-order chi connectivity index (χ1) is 8.49. The SMILES string of the molecule is Cc1ccc(N)cc1S(=O)(=O)NCc1ncc[nH]1. The number of sulfonamides is 1. The first-order valence-electron chi connectivity index (χ1n) is 5.33. The zero-order chi connectivity index (χ0) is 13.2. The summed E-state index contributed by atoms with van der Waals surface area (Å²) in [5, 5.41) is 0. The van der Waals surface area contributed by atoms with Crippen LogP contribution in [0.1, 0.15) is 11.4 Å². The summed E-state index contributed by atoms with van der Waals surface area (Å²) in [7, 11) is -3.58. The van der Waals surface area contributed by atoms with Gasteiger partial charge < -0.3 is 10.7 Å². The van der Waals surface area contributed by atoms with E-state index in [0.29, 0.717) is 17.1 Å². The maximum Gasteiger partial charge on any atom is 0.241 e. The summed E-state index contributed by atoms with van der Waals surface area (Å²) in [6.45, 7) is 1.84. The lowest BCUT2D eigenvalue weighted by Gasteiger charge is -2.09. The van der Waals surface area contributed by atoms with Crippen LogP contribution in [0.2, 0.25) is 0 Å². The Bertz CT molecular complexity index is 635. The molecule has 6 nitrogen and oxygen atoms in total. The molecule has 0 saturated carbocycles. The third kappa shape index (κ3) is 2.69. The van der Waals surface area contributed by atoms with Gasteiger partial charge in [-0.2, -0.15) is 0 Å². The number of nitrogens with zero attached hydrogens (tertiary/aromatic N) is 1. The monoisotopic (exact) mass is 266 g/mol. The first-order valence-corrected chi connectivity index (χ1v) is 6.81. The molecule has 1 aromatic carbocycles. The van der Waals surface area contributed by atoms with E-state index >= 15 is 0 Å². The number of nitrogen functional groups attached to an aromatic ring is 1. The number of aromatic nitrogens is 2. The molecule has 1 aromatic heterocycles. The summed E-state index contributed by atoms with van der Waals surface area (Å²) in [5.74, 6) is 0.556. The smallest absolute Gasteiger partial charge is 0.241 e. The zero-order valence-corrected chi connectivity index (χ0v) is 10.7. The number of aryl methyl sites for hydroxylation is 1. The van der Waals surface area contributed by atoms with Crippen molar-refractivity contribution in [2.45, 2.75) is 18.4 Å². The van der Waals surface area contributed by atoms with Crippen LogP contribution in [0.5, 0.6) is 0 Å². The molecule has 0 aliphatic heterocycles. The van der Waals surface area contributed by atoms with Gasteiger partial charge in [0.2, 0.25) is 10.0 Å². The van der Waals surface area contributed by atoms with Crippen molar-refractivity contribution in [2.75, 3.05) is 5.73 Å². The highest BCUT2D eigenvalue weighted by Gasteiger charge is 2.17. The molecule has 0 saturated heterocycles. The fourth-order valence-electron chi connectivity index (χ4n) is 1.54. The molecule has 0 spiro atoms. The van der Waals surface area contributed by atoms with Gasteiger partial charge in [0.1, 0.15) is 5.82 Å². The molecule has 0 aliphatic rings. The minimum absolute atomic E-state index is 0.115. The Morgan fingerprint density at radius 2 is 2.22 bits per heavy atom. The second kappa shape index (κ2) is 4.79. The van der Waals surface area contributed by atoms with Gasteiger partial charge in [-0.1, -0.05) is 6.07 Å². The number of benzene rings is 1. The van der Waals surface area contributed by atoms with Crippen LogP contribution in [0, 0.1) is 6.92 Å². The Hall–Kier alpha value is -1.86. The van der Waals surface area contributed by atoms with Crippen LogP contribution >= 0.6 is 0 Å². The molecular weight excluding hydrogens is 252 g/mol. The third-order valence-corrected chi connectivity index (χ3v) is 4.03. The molecule has 1 heterocycles. The van der Waals surface area contributed by atoms with E-state index in [2.05, 4.69) is 14.7 Å². The fourth-order valence-corrected chi connectivity index (χ4v) is 2.81. The van der Waals surface area contributed by atoms with Crippen LogP contribution in [-0.2, 0) is 16.6 Å². The van der Waals surface area contributed by atoms with Crippen molar-refractivity contribution < 1.29 is 8.42 Å². The number of aromatic amines is 1. The van der Waals surface area contributed by atoms with Crippen LogP contribution in [0.25, 0.3) is 0 Å². The van der Waals surface area contributed by atoms with Gasteiger partial charge in [-0.3, -0.25) is 0 Å². The molecule has 0 radical (unpaired) electrons. The topological polar surface area (TPSA) is 101 Å². The second-order valence-electron chi connectivity index (χ2n) is 3.89. The van der Waals surface area contributed by atoms with Crippen LogP contribution < -0.4 is 10.5 Å². The molecule has 4 N–H and O–H groups in total. The third-order valence-electron chi connectivity index (χ3n) is 2.49. The van der Waals surface area contributed by atoms with Crippen molar-refractivity contribution in [2.24, 2.45) is 0 Å². The van der Waals surface area contributed by atoms with Gasteiger partial charge in [-0.15, -0.1) is 0 Å². The Kier molecular flexibility index (Phi) is 3.35. The van der Waals surface area contributed by atoms with Crippen LogP contribution in [0.4, 0.5) is 5.69 Å². The molecule has 96 valence electrons. The molecule has 0 fully saturated rings. The molecule has 0 unspecified atom stereocenters. The number of H-pyrrole nitrogens is 1. The van der Waals surface area contributed by atoms with Gasteiger partial charge in [-0.05, 0) is 24.6 Å². The number of nitrogens with two attached hydrogens (primary N) is 1. The number of imidazole rings is 1. The Morgan fingerprint density at radius 3 is 2.89 bits per heavy atom. The lowest BCUT2D eigenvalue weighted by molar-refractivity contribution is 0.579. The van der Waals surface area contributed by atoms with Crippen molar-refractivity contribution in [3.8, 4) is 0 Å². The molecule has 0 amide bonds. The summed E-state index contributed by atoms with van der Waals surface area (Å²) >= 11 is 0. The first kappa shape index (κ1) is 12.6. The maximum absolute atomic E-state index is 12.1. The van der Waals surface area contributed by atoms with Gasteiger partial charge in [0.05, 0.1) is 11.4 Å². The van der Waals surface area contributed by atoms with Gasteiger partial charge in [0, 0.05) is 18.1 Å². The molecular formula is C11H14N4O2S. The van der Waals surface area contributed by atoms with E-state index in [1.807, 2.05) is 0 Å². The molecule has 2 rings (SSSR count). The minimum atomic E-state index is -3.58. The molecule has 7 heteroatoms. The van der Waals surface area contributed by atoms with E-state index in [1.54, 1.807) is 31.5 Å². The molecule has 0 aliphatic carbocycles. The zero-order valence-electron chi connectivity index (χ0n) is 9.84. The normalized spacial score (nSPS) is 11.6. The fraction of sp³-hybridized carbons (Fsp3) is 0.182. The molecule has 0 bridgehead atoms. The quantitative estimate of drug-likeness (QED) is 0.712. The lowest BCUT2D eigenvalue weighted by atomic mass is 10.2. The summed E-state index contributed by atoms with van der Waals surface area (Å²) in [6, 6.07) is 4.79. The van der Waals surface area contributed by atoms with E-state index < -0.39 is 10.0 Å². The standard InChI is InChI=1S/C11H14N4O2S/c1-8-2-3-9(12)6-10(8)18(16,17)15-7-11-13-4-5-14-11/h2-6,15H,7,12H2,1H3,(H,13,14). The summed E-state index contributed by atoms with van der Waals surface area (Å²) < 4.78 is 26.7. The van der Waals surface area contributed by atoms with E-state index in [0.717, 1.165) is 0 Å².